The van der Waals surface area contributed by atoms with Crippen molar-refractivity contribution in [2.75, 3.05) is 11.9 Å². The van der Waals surface area contributed by atoms with Crippen molar-refractivity contribution in [2.45, 2.75) is 26.4 Å². The highest BCUT2D eigenvalue weighted by atomic mass is 32.1. The molecule has 0 spiro atoms. The minimum atomic E-state index is 0.565. The van der Waals surface area contributed by atoms with Crippen molar-refractivity contribution >= 4 is 17.2 Å². The summed E-state index contributed by atoms with van der Waals surface area (Å²) in [6.07, 6.45) is 0.938. The van der Waals surface area contributed by atoms with Gasteiger partial charge >= 0.3 is 0 Å². The van der Waals surface area contributed by atoms with Crippen LogP contribution in [0.5, 0.6) is 0 Å². The molecule has 2 rings (SSSR count). The van der Waals surface area contributed by atoms with E-state index >= 15 is 0 Å². The average Bonchev–Trinajstić information content (AvgIpc) is 2.90. The van der Waals surface area contributed by atoms with E-state index in [0.29, 0.717) is 6.54 Å². The van der Waals surface area contributed by atoms with Crippen molar-refractivity contribution in [1.82, 2.24) is 4.98 Å². The van der Waals surface area contributed by atoms with Crippen LogP contribution in [-0.2, 0) is 19.5 Å². The lowest BCUT2D eigenvalue weighted by atomic mass is 10.2. The second kappa shape index (κ2) is 5.98. The molecule has 2 aromatic heterocycles. The van der Waals surface area contributed by atoms with Crippen LogP contribution >= 0.6 is 11.3 Å². The second-order valence-electron chi connectivity index (χ2n) is 4.32. The van der Waals surface area contributed by atoms with Gasteiger partial charge in [0.25, 0.3) is 0 Å². The van der Waals surface area contributed by atoms with E-state index in [4.69, 9.17) is 5.73 Å². The predicted molar refractivity (Wildman–Crippen MR) is 77.9 cm³/mol. The fraction of sp³-hybridized carbons (Fsp3) is 0.357. The molecule has 0 saturated heterocycles. The molecule has 96 valence electrons. The smallest absolute Gasteiger partial charge is 0.129 e. The Morgan fingerprint density at radius 3 is 2.83 bits per heavy atom. The first kappa shape index (κ1) is 13.1. The van der Waals surface area contributed by atoms with Crippen LogP contribution in [-0.4, -0.2) is 12.0 Å². The number of aryl methyl sites for hydroxylation is 1. The van der Waals surface area contributed by atoms with Gasteiger partial charge in [0.2, 0.25) is 0 Å². The molecule has 0 unspecified atom stereocenters. The summed E-state index contributed by atoms with van der Waals surface area (Å²) in [5.41, 5.74) is 7.99. The molecule has 0 aliphatic carbocycles. The molecule has 2 aromatic rings. The molecule has 3 nitrogen and oxygen atoms in total. The highest BCUT2D eigenvalue weighted by Gasteiger charge is 2.07. The summed E-state index contributed by atoms with van der Waals surface area (Å²) in [6.45, 7) is 3.57. The molecule has 0 amide bonds. The maximum absolute atomic E-state index is 5.73. The zero-order chi connectivity index (χ0) is 13.0. The van der Waals surface area contributed by atoms with E-state index < -0.39 is 0 Å². The van der Waals surface area contributed by atoms with E-state index in [2.05, 4.69) is 53.5 Å². The van der Waals surface area contributed by atoms with Crippen LogP contribution in [0.15, 0.2) is 29.6 Å². The van der Waals surface area contributed by atoms with Gasteiger partial charge in [-0.3, -0.25) is 0 Å². The Morgan fingerprint density at radius 1 is 1.39 bits per heavy atom. The molecule has 4 heteroatoms. The van der Waals surface area contributed by atoms with E-state index in [1.807, 2.05) is 0 Å². The molecule has 0 aromatic carbocycles. The summed E-state index contributed by atoms with van der Waals surface area (Å²) in [4.78, 5) is 8.17. The highest BCUT2D eigenvalue weighted by molar-refractivity contribution is 7.09. The van der Waals surface area contributed by atoms with Crippen molar-refractivity contribution in [1.29, 1.82) is 0 Å². The van der Waals surface area contributed by atoms with Crippen molar-refractivity contribution in [3.63, 3.8) is 0 Å². The third-order valence-electron chi connectivity index (χ3n) is 2.89. The maximum Gasteiger partial charge on any atom is 0.129 e. The van der Waals surface area contributed by atoms with Gasteiger partial charge in [-0.05, 0) is 35.6 Å². The molecule has 0 bridgehead atoms. The van der Waals surface area contributed by atoms with Crippen molar-refractivity contribution in [3.05, 3.63) is 45.8 Å². The Balaban J connectivity index is 2.20. The molecule has 18 heavy (non-hydrogen) atoms. The normalized spacial score (nSPS) is 10.6. The Hall–Kier alpha value is -1.39. The number of hydrogen-bond acceptors (Lipinski definition) is 4. The third-order valence-corrected chi connectivity index (χ3v) is 3.75. The molecule has 0 saturated carbocycles. The van der Waals surface area contributed by atoms with E-state index in [1.165, 1.54) is 4.88 Å². The summed E-state index contributed by atoms with van der Waals surface area (Å²) in [6, 6.07) is 8.39. The van der Waals surface area contributed by atoms with Crippen molar-refractivity contribution < 1.29 is 0 Å². The van der Waals surface area contributed by atoms with Crippen LogP contribution in [0.1, 0.15) is 23.1 Å². The topological polar surface area (TPSA) is 42.1 Å². The minimum Gasteiger partial charge on any atom is -0.355 e. The molecule has 2 N–H and O–H groups in total. The highest BCUT2D eigenvalue weighted by Crippen LogP contribution is 2.18. The van der Waals surface area contributed by atoms with Crippen LogP contribution in [0.25, 0.3) is 0 Å². The van der Waals surface area contributed by atoms with Gasteiger partial charge in [0.1, 0.15) is 5.82 Å². The molecule has 0 aliphatic rings. The van der Waals surface area contributed by atoms with Gasteiger partial charge in [0, 0.05) is 24.2 Å². The zero-order valence-corrected chi connectivity index (χ0v) is 11.7. The second-order valence-corrected chi connectivity index (χ2v) is 5.35. The number of aromatic nitrogens is 1. The van der Waals surface area contributed by atoms with Crippen molar-refractivity contribution in [3.8, 4) is 0 Å². The van der Waals surface area contributed by atoms with Crippen LogP contribution in [0.2, 0.25) is 0 Å². The maximum atomic E-state index is 5.73. The fourth-order valence-electron chi connectivity index (χ4n) is 1.84. The summed E-state index contributed by atoms with van der Waals surface area (Å²) < 4.78 is 0. The number of rotatable bonds is 5. The number of thiophene rings is 1. The third kappa shape index (κ3) is 3.09. The quantitative estimate of drug-likeness (QED) is 0.900. The van der Waals surface area contributed by atoms with Gasteiger partial charge in [-0.1, -0.05) is 13.0 Å². The van der Waals surface area contributed by atoms with E-state index in [9.17, 15) is 0 Å². The van der Waals surface area contributed by atoms with Gasteiger partial charge in [0.15, 0.2) is 0 Å². The van der Waals surface area contributed by atoms with Crippen LogP contribution in [0.4, 0.5) is 5.82 Å². The van der Waals surface area contributed by atoms with Gasteiger partial charge < -0.3 is 10.6 Å². The average molecular weight is 261 g/mol. The summed E-state index contributed by atoms with van der Waals surface area (Å²) in [7, 11) is 2.07. The van der Waals surface area contributed by atoms with Gasteiger partial charge in [-0.15, -0.1) is 11.3 Å². The minimum absolute atomic E-state index is 0.565. The SMILES string of the molecule is CCc1cc(CN)cc(N(C)Cc2cccs2)n1. The molecule has 2 heterocycles. The number of nitrogens with two attached hydrogens (primary N) is 1. The Kier molecular flexibility index (Phi) is 4.33. The first-order valence-electron chi connectivity index (χ1n) is 6.16. The van der Waals surface area contributed by atoms with Crippen LogP contribution in [0, 0.1) is 0 Å². The van der Waals surface area contributed by atoms with Crippen LogP contribution < -0.4 is 10.6 Å². The molecule has 0 aliphatic heterocycles. The number of pyridine rings is 1. The molecular formula is C14H19N3S. The lowest BCUT2D eigenvalue weighted by molar-refractivity contribution is 0.885. The molecule has 0 atom stereocenters. The lowest BCUT2D eigenvalue weighted by Crippen LogP contribution is -2.18. The number of nitrogens with zero attached hydrogens (tertiary/aromatic N) is 2. The number of anilines is 1. The first-order valence-corrected chi connectivity index (χ1v) is 7.04. The van der Waals surface area contributed by atoms with E-state index in [-0.39, 0.29) is 0 Å². The first-order chi connectivity index (χ1) is 8.72. The van der Waals surface area contributed by atoms with Gasteiger partial charge in [0.05, 0.1) is 6.54 Å². The van der Waals surface area contributed by atoms with Crippen molar-refractivity contribution in [2.24, 2.45) is 5.73 Å². The van der Waals surface area contributed by atoms with Gasteiger partial charge in [-0.25, -0.2) is 4.98 Å². The van der Waals surface area contributed by atoms with E-state index in [1.54, 1.807) is 11.3 Å². The molecule has 0 fully saturated rings. The summed E-state index contributed by atoms with van der Waals surface area (Å²) >= 11 is 1.77. The number of hydrogen-bond donors (Lipinski definition) is 1. The zero-order valence-electron chi connectivity index (χ0n) is 10.9. The van der Waals surface area contributed by atoms with E-state index in [0.717, 1.165) is 30.0 Å². The monoisotopic (exact) mass is 261 g/mol. The molecular weight excluding hydrogens is 242 g/mol. The standard InChI is InChI=1S/C14H19N3S/c1-3-12-7-11(9-15)8-14(16-12)17(2)10-13-5-4-6-18-13/h4-8H,3,9-10,15H2,1-2H3. The Labute approximate surface area is 112 Å². The Morgan fingerprint density at radius 2 is 2.22 bits per heavy atom. The Bertz CT molecular complexity index is 471. The largest absolute Gasteiger partial charge is 0.355 e. The molecule has 0 radical (unpaired) electrons. The fourth-order valence-corrected chi connectivity index (χ4v) is 2.60. The lowest BCUT2D eigenvalue weighted by Gasteiger charge is -2.19. The summed E-state index contributed by atoms with van der Waals surface area (Å²) in [5, 5.41) is 2.10. The predicted octanol–water partition coefficient (Wildman–Crippen LogP) is 2.80. The van der Waals surface area contributed by atoms with Gasteiger partial charge in [-0.2, -0.15) is 0 Å². The van der Waals surface area contributed by atoms with Crippen LogP contribution in [0.3, 0.4) is 0 Å². The summed E-state index contributed by atoms with van der Waals surface area (Å²) in [5.74, 6) is 1.00.